The standard InChI is InChI=1S/C29H33ClN2O3/c1-21(2)18-31-29(34)26(17-23-11-5-4-6-12-23)32(19-24-13-9-14-25(30)16-24)28(33)20-35-27-15-8-7-10-22(27)3/h4-16,21,26H,17-20H2,1-3H3,(H,31,34)/t26-/m1/s1. The second kappa shape index (κ2) is 13.0. The molecule has 3 rings (SSSR count). The first kappa shape index (κ1) is 26.3. The van der Waals surface area contributed by atoms with Crippen molar-refractivity contribution in [1.29, 1.82) is 0 Å². The van der Waals surface area contributed by atoms with Crippen LogP contribution in [0, 0.1) is 12.8 Å². The van der Waals surface area contributed by atoms with E-state index < -0.39 is 6.04 Å². The first-order chi connectivity index (χ1) is 16.8. The Kier molecular flexibility index (Phi) is 9.74. The highest BCUT2D eigenvalue weighted by Gasteiger charge is 2.30. The molecule has 1 N–H and O–H groups in total. The Morgan fingerprint density at radius 3 is 2.31 bits per heavy atom. The third-order valence-electron chi connectivity index (χ3n) is 5.64. The van der Waals surface area contributed by atoms with E-state index >= 15 is 0 Å². The highest BCUT2D eigenvalue weighted by molar-refractivity contribution is 6.30. The number of nitrogens with zero attached hydrogens (tertiary/aromatic N) is 1. The van der Waals surface area contributed by atoms with Gasteiger partial charge >= 0.3 is 0 Å². The SMILES string of the molecule is Cc1ccccc1OCC(=O)N(Cc1cccc(Cl)c1)[C@H](Cc1ccccc1)C(=O)NCC(C)C. The molecule has 0 fully saturated rings. The van der Waals surface area contributed by atoms with Gasteiger partial charge in [0.1, 0.15) is 11.8 Å². The summed E-state index contributed by atoms with van der Waals surface area (Å²) in [7, 11) is 0. The zero-order valence-electron chi connectivity index (χ0n) is 20.5. The predicted octanol–water partition coefficient (Wildman–Crippen LogP) is 5.44. The monoisotopic (exact) mass is 492 g/mol. The molecular weight excluding hydrogens is 460 g/mol. The summed E-state index contributed by atoms with van der Waals surface area (Å²) in [4.78, 5) is 28.6. The molecule has 0 saturated carbocycles. The van der Waals surface area contributed by atoms with Gasteiger partial charge in [0.15, 0.2) is 6.61 Å². The minimum absolute atomic E-state index is 0.172. The second-order valence-electron chi connectivity index (χ2n) is 9.05. The van der Waals surface area contributed by atoms with E-state index in [1.165, 1.54) is 0 Å². The van der Waals surface area contributed by atoms with Crippen LogP contribution in [-0.2, 0) is 22.6 Å². The Hall–Kier alpha value is -3.31. The summed E-state index contributed by atoms with van der Waals surface area (Å²) in [6.45, 7) is 6.61. The molecule has 0 aliphatic rings. The Morgan fingerprint density at radius 1 is 0.943 bits per heavy atom. The topological polar surface area (TPSA) is 58.6 Å². The fraction of sp³-hybridized carbons (Fsp3) is 0.310. The van der Waals surface area contributed by atoms with Crippen LogP contribution in [0.15, 0.2) is 78.9 Å². The van der Waals surface area contributed by atoms with Crippen molar-refractivity contribution in [2.24, 2.45) is 5.92 Å². The van der Waals surface area contributed by atoms with Crippen molar-refractivity contribution in [2.75, 3.05) is 13.2 Å². The van der Waals surface area contributed by atoms with Crippen molar-refractivity contribution >= 4 is 23.4 Å². The number of hydrogen-bond donors (Lipinski definition) is 1. The summed E-state index contributed by atoms with van der Waals surface area (Å²) in [5.41, 5.74) is 2.76. The molecule has 3 aromatic carbocycles. The quantitative estimate of drug-likeness (QED) is 0.387. The Morgan fingerprint density at radius 2 is 1.63 bits per heavy atom. The van der Waals surface area contributed by atoms with Gasteiger partial charge in [0.2, 0.25) is 5.91 Å². The molecule has 0 spiro atoms. The van der Waals surface area contributed by atoms with Crippen molar-refractivity contribution in [3.63, 3.8) is 0 Å². The van der Waals surface area contributed by atoms with Gasteiger partial charge in [-0.1, -0.05) is 86.1 Å². The van der Waals surface area contributed by atoms with E-state index in [0.717, 1.165) is 16.7 Å². The number of para-hydroxylation sites is 1. The van der Waals surface area contributed by atoms with Gasteiger partial charge in [0.25, 0.3) is 5.91 Å². The minimum atomic E-state index is -0.705. The average molecular weight is 493 g/mol. The lowest BCUT2D eigenvalue weighted by Gasteiger charge is -2.32. The predicted molar refractivity (Wildman–Crippen MR) is 140 cm³/mol. The summed E-state index contributed by atoms with van der Waals surface area (Å²) >= 11 is 6.22. The molecule has 0 radical (unpaired) electrons. The second-order valence-corrected chi connectivity index (χ2v) is 9.49. The van der Waals surface area contributed by atoms with E-state index in [1.54, 1.807) is 11.0 Å². The number of hydrogen-bond acceptors (Lipinski definition) is 3. The molecular formula is C29H33ClN2O3. The van der Waals surface area contributed by atoms with E-state index in [1.807, 2.05) is 93.6 Å². The molecule has 35 heavy (non-hydrogen) atoms. The number of amides is 2. The minimum Gasteiger partial charge on any atom is -0.484 e. The molecule has 0 heterocycles. The molecule has 0 aliphatic carbocycles. The van der Waals surface area contributed by atoms with Crippen LogP contribution in [0.4, 0.5) is 0 Å². The summed E-state index contributed by atoms with van der Waals surface area (Å²) in [6.07, 6.45) is 0.390. The first-order valence-electron chi connectivity index (χ1n) is 11.9. The van der Waals surface area contributed by atoms with Gasteiger partial charge in [0, 0.05) is 24.5 Å². The van der Waals surface area contributed by atoms with Crippen LogP contribution in [0.1, 0.15) is 30.5 Å². The maximum absolute atomic E-state index is 13.6. The third-order valence-corrected chi connectivity index (χ3v) is 5.88. The van der Waals surface area contributed by atoms with Gasteiger partial charge in [-0.05, 0) is 47.7 Å². The van der Waals surface area contributed by atoms with Crippen LogP contribution in [0.25, 0.3) is 0 Å². The molecule has 3 aromatic rings. The average Bonchev–Trinajstić information content (AvgIpc) is 2.84. The molecule has 5 nitrogen and oxygen atoms in total. The fourth-order valence-corrected chi connectivity index (χ4v) is 3.96. The number of carbonyl (C=O) groups is 2. The maximum Gasteiger partial charge on any atom is 0.261 e. The molecule has 6 heteroatoms. The van der Waals surface area contributed by atoms with Gasteiger partial charge in [0.05, 0.1) is 0 Å². The molecule has 0 unspecified atom stereocenters. The molecule has 0 aliphatic heterocycles. The van der Waals surface area contributed by atoms with Crippen molar-refractivity contribution in [3.8, 4) is 5.75 Å². The molecule has 0 saturated heterocycles. The third kappa shape index (κ3) is 8.15. The highest BCUT2D eigenvalue weighted by Crippen LogP contribution is 2.20. The summed E-state index contributed by atoms with van der Waals surface area (Å²) < 4.78 is 5.87. The highest BCUT2D eigenvalue weighted by atomic mass is 35.5. The van der Waals surface area contributed by atoms with Crippen molar-refractivity contribution in [3.05, 3.63) is 101 Å². The summed E-state index contributed by atoms with van der Waals surface area (Å²) in [5, 5.41) is 3.60. The molecule has 1 atom stereocenters. The van der Waals surface area contributed by atoms with Crippen LogP contribution in [0.3, 0.4) is 0 Å². The van der Waals surface area contributed by atoms with Gasteiger partial charge in [-0.2, -0.15) is 0 Å². The molecule has 2 amide bonds. The Labute approximate surface area is 213 Å². The van der Waals surface area contributed by atoms with Crippen molar-refractivity contribution < 1.29 is 14.3 Å². The maximum atomic E-state index is 13.6. The van der Waals surface area contributed by atoms with Crippen LogP contribution >= 0.6 is 11.6 Å². The van der Waals surface area contributed by atoms with Gasteiger partial charge < -0.3 is 15.0 Å². The first-order valence-corrected chi connectivity index (χ1v) is 12.2. The summed E-state index contributed by atoms with van der Waals surface area (Å²) in [5.74, 6) is 0.480. The van der Waals surface area contributed by atoms with E-state index in [-0.39, 0.29) is 30.9 Å². The van der Waals surface area contributed by atoms with Crippen LogP contribution in [0.2, 0.25) is 5.02 Å². The van der Waals surface area contributed by atoms with Crippen molar-refractivity contribution in [1.82, 2.24) is 10.2 Å². The number of carbonyl (C=O) groups excluding carboxylic acids is 2. The van der Waals surface area contributed by atoms with E-state index in [9.17, 15) is 9.59 Å². The lowest BCUT2D eigenvalue weighted by Crippen LogP contribution is -2.52. The number of ether oxygens (including phenoxy) is 1. The number of rotatable bonds is 11. The van der Waals surface area contributed by atoms with Crippen LogP contribution in [0.5, 0.6) is 5.75 Å². The number of nitrogens with one attached hydrogen (secondary N) is 1. The van der Waals surface area contributed by atoms with E-state index in [0.29, 0.717) is 23.7 Å². The van der Waals surface area contributed by atoms with Crippen LogP contribution < -0.4 is 10.1 Å². The molecule has 0 bridgehead atoms. The number of benzene rings is 3. The largest absolute Gasteiger partial charge is 0.484 e. The van der Waals surface area contributed by atoms with E-state index in [4.69, 9.17) is 16.3 Å². The summed E-state index contributed by atoms with van der Waals surface area (Å²) in [6, 6.07) is 23.9. The smallest absolute Gasteiger partial charge is 0.261 e. The zero-order chi connectivity index (χ0) is 25.2. The van der Waals surface area contributed by atoms with Crippen LogP contribution in [-0.4, -0.2) is 35.9 Å². The lowest BCUT2D eigenvalue weighted by atomic mass is 10.0. The molecule has 0 aromatic heterocycles. The van der Waals surface area contributed by atoms with E-state index in [2.05, 4.69) is 5.32 Å². The molecule has 184 valence electrons. The van der Waals surface area contributed by atoms with Gasteiger partial charge in [-0.25, -0.2) is 0 Å². The zero-order valence-corrected chi connectivity index (χ0v) is 21.3. The van der Waals surface area contributed by atoms with Crippen molar-refractivity contribution in [2.45, 2.75) is 39.8 Å². The van der Waals surface area contributed by atoms with Gasteiger partial charge in [-0.3, -0.25) is 9.59 Å². The lowest BCUT2D eigenvalue weighted by molar-refractivity contribution is -0.142. The number of aryl methyl sites for hydroxylation is 1. The Balaban J connectivity index is 1.91. The van der Waals surface area contributed by atoms with Gasteiger partial charge in [-0.15, -0.1) is 0 Å². The fourth-order valence-electron chi connectivity index (χ4n) is 3.75. The Bertz CT molecular complexity index is 1120. The number of halogens is 1. The normalized spacial score (nSPS) is 11.7.